The topological polar surface area (TPSA) is 49.9 Å². The third-order valence-electron chi connectivity index (χ3n) is 4.81. The molecule has 9 heteroatoms. The zero-order valence-electron chi connectivity index (χ0n) is 13.4. The van der Waals surface area contributed by atoms with Crippen LogP contribution < -0.4 is 0 Å². The summed E-state index contributed by atoms with van der Waals surface area (Å²) < 4.78 is 43.8. The number of benzene rings is 1. The summed E-state index contributed by atoms with van der Waals surface area (Å²) in [5.74, 6) is -0.581. The monoisotopic (exact) mass is 376 g/mol. The molecule has 1 aromatic carbocycles. The molecule has 0 saturated carbocycles. The third-order valence-corrected chi connectivity index (χ3v) is 5.13. The van der Waals surface area contributed by atoms with Gasteiger partial charge >= 0.3 is 12.3 Å². The summed E-state index contributed by atoms with van der Waals surface area (Å²) in [6.45, 7) is 2.71. The van der Waals surface area contributed by atoms with Crippen molar-refractivity contribution in [1.82, 2.24) is 9.80 Å². The Morgan fingerprint density at radius 2 is 2.08 bits per heavy atom. The number of amides is 2. The van der Waals surface area contributed by atoms with Crippen LogP contribution >= 0.6 is 11.6 Å². The van der Waals surface area contributed by atoms with Gasteiger partial charge in [-0.3, -0.25) is 9.69 Å². The first-order valence-electron chi connectivity index (χ1n) is 7.78. The van der Waals surface area contributed by atoms with Gasteiger partial charge in [0.05, 0.1) is 21.7 Å². The number of halogens is 4. The summed E-state index contributed by atoms with van der Waals surface area (Å²) in [7, 11) is 0. The summed E-state index contributed by atoms with van der Waals surface area (Å²) >= 11 is 5.96. The maximum Gasteiger partial charge on any atom is 0.416 e. The van der Waals surface area contributed by atoms with Gasteiger partial charge in [-0.1, -0.05) is 18.5 Å². The van der Waals surface area contributed by atoms with E-state index in [0.29, 0.717) is 6.42 Å². The van der Waals surface area contributed by atoms with Crippen LogP contribution in [-0.2, 0) is 10.9 Å². The van der Waals surface area contributed by atoms with E-state index in [9.17, 15) is 22.8 Å². The van der Waals surface area contributed by atoms with Crippen molar-refractivity contribution in [2.75, 3.05) is 26.2 Å². The molecule has 1 aromatic rings. The summed E-state index contributed by atoms with van der Waals surface area (Å²) in [6, 6.07) is 2.69. The highest BCUT2D eigenvalue weighted by molar-refractivity contribution is 6.33. The molecule has 0 spiro atoms. The van der Waals surface area contributed by atoms with Gasteiger partial charge in [-0.2, -0.15) is 13.2 Å². The Morgan fingerprint density at radius 1 is 1.36 bits per heavy atom. The van der Waals surface area contributed by atoms with Crippen molar-refractivity contribution in [2.24, 2.45) is 0 Å². The molecule has 0 bridgehead atoms. The van der Waals surface area contributed by atoms with Gasteiger partial charge in [-0.05, 0) is 24.6 Å². The number of carbonyl (C=O) groups is 2. The summed E-state index contributed by atoms with van der Waals surface area (Å²) in [6.07, 6.45) is -4.42. The zero-order valence-corrected chi connectivity index (χ0v) is 14.2. The van der Waals surface area contributed by atoms with Gasteiger partial charge in [0.2, 0.25) is 0 Å². The first kappa shape index (κ1) is 17.8. The minimum absolute atomic E-state index is 0.0373. The van der Waals surface area contributed by atoms with Crippen LogP contribution in [0.5, 0.6) is 0 Å². The number of piperazine rings is 1. The van der Waals surface area contributed by atoms with Gasteiger partial charge in [0.1, 0.15) is 6.61 Å². The molecule has 3 rings (SSSR count). The number of fused-ring (bicyclic) bond motifs is 1. The smallest absolute Gasteiger partial charge is 0.416 e. The van der Waals surface area contributed by atoms with Crippen LogP contribution in [0.2, 0.25) is 5.02 Å². The molecule has 1 atom stereocenters. The van der Waals surface area contributed by atoms with Crippen molar-refractivity contribution in [2.45, 2.75) is 25.1 Å². The Bertz CT molecular complexity index is 725. The molecule has 2 amide bonds. The van der Waals surface area contributed by atoms with Crippen LogP contribution in [0.25, 0.3) is 0 Å². The molecule has 25 heavy (non-hydrogen) atoms. The van der Waals surface area contributed by atoms with Gasteiger partial charge < -0.3 is 9.64 Å². The number of ether oxygens (including phenoxy) is 1. The van der Waals surface area contributed by atoms with Crippen molar-refractivity contribution in [3.63, 3.8) is 0 Å². The quantitative estimate of drug-likeness (QED) is 0.794. The van der Waals surface area contributed by atoms with Crippen molar-refractivity contribution < 1.29 is 27.5 Å². The number of hydrogen-bond acceptors (Lipinski definition) is 3. The summed E-state index contributed by atoms with van der Waals surface area (Å²) in [5.41, 5.74) is -1.76. The molecule has 2 heterocycles. The first-order valence-corrected chi connectivity index (χ1v) is 8.16. The number of carbonyl (C=O) groups excluding carboxylic acids is 2. The van der Waals surface area contributed by atoms with Gasteiger partial charge in [0.25, 0.3) is 5.91 Å². The highest BCUT2D eigenvalue weighted by Crippen LogP contribution is 2.35. The second-order valence-electron chi connectivity index (χ2n) is 6.20. The number of cyclic esters (lactones) is 1. The Balaban J connectivity index is 1.88. The van der Waals surface area contributed by atoms with Crippen LogP contribution in [0.15, 0.2) is 18.2 Å². The second kappa shape index (κ2) is 6.09. The lowest BCUT2D eigenvalue weighted by Gasteiger charge is -2.44. The average Bonchev–Trinajstić information content (AvgIpc) is 2.90. The molecule has 0 radical (unpaired) electrons. The number of hydrogen-bond donors (Lipinski definition) is 0. The molecule has 0 aliphatic carbocycles. The molecule has 5 nitrogen and oxygen atoms in total. The van der Waals surface area contributed by atoms with Crippen molar-refractivity contribution >= 4 is 23.6 Å². The van der Waals surface area contributed by atoms with E-state index in [1.54, 1.807) is 4.90 Å². The predicted molar refractivity (Wildman–Crippen MR) is 83.4 cm³/mol. The number of rotatable bonds is 2. The molecular formula is C16H16ClF3N2O3. The fraction of sp³-hybridized carbons (Fsp3) is 0.500. The molecule has 0 aromatic heterocycles. The molecule has 2 aliphatic heterocycles. The van der Waals surface area contributed by atoms with Gasteiger partial charge in [0.15, 0.2) is 0 Å². The van der Waals surface area contributed by atoms with E-state index in [4.69, 9.17) is 16.3 Å². The van der Waals surface area contributed by atoms with E-state index < -0.39 is 29.3 Å². The predicted octanol–water partition coefficient (Wildman–Crippen LogP) is 3.42. The van der Waals surface area contributed by atoms with Crippen molar-refractivity contribution in [3.05, 3.63) is 34.3 Å². The highest BCUT2D eigenvalue weighted by Gasteiger charge is 2.50. The lowest BCUT2D eigenvalue weighted by Crippen LogP contribution is -2.62. The average molecular weight is 377 g/mol. The molecule has 0 N–H and O–H groups in total. The Hall–Kier alpha value is -1.96. The lowest BCUT2D eigenvalue weighted by molar-refractivity contribution is -0.137. The minimum Gasteiger partial charge on any atom is -0.447 e. The molecular weight excluding hydrogens is 361 g/mol. The number of nitrogens with zero attached hydrogens (tertiary/aromatic N) is 2. The van der Waals surface area contributed by atoms with Crippen LogP contribution in [0.3, 0.4) is 0 Å². The largest absolute Gasteiger partial charge is 0.447 e. The zero-order chi connectivity index (χ0) is 18.4. The minimum atomic E-state index is -4.56. The summed E-state index contributed by atoms with van der Waals surface area (Å²) in [4.78, 5) is 27.6. The SMILES string of the molecule is CCC12COC(=O)N1CCN(C(=O)c1cc(C(F)(F)F)ccc1Cl)C2. The Morgan fingerprint density at radius 3 is 2.72 bits per heavy atom. The summed E-state index contributed by atoms with van der Waals surface area (Å²) in [5, 5.41) is -0.0373. The third kappa shape index (κ3) is 3.03. The second-order valence-corrected chi connectivity index (χ2v) is 6.61. The first-order chi connectivity index (χ1) is 11.7. The van der Waals surface area contributed by atoms with E-state index >= 15 is 0 Å². The fourth-order valence-corrected chi connectivity index (χ4v) is 3.47. The molecule has 2 fully saturated rings. The van der Waals surface area contributed by atoms with Crippen molar-refractivity contribution in [3.8, 4) is 0 Å². The maximum atomic E-state index is 12.9. The fourth-order valence-electron chi connectivity index (χ4n) is 3.27. The van der Waals surface area contributed by atoms with E-state index in [-0.39, 0.29) is 36.8 Å². The van der Waals surface area contributed by atoms with Crippen molar-refractivity contribution in [1.29, 1.82) is 0 Å². The van der Waals surface area contributed by atoms with Gasteiger partial charge in [0, 0.05) is 19.6 Å². The normalized spacial score (nSPS) is 23.5. The van der Waals surface area contributed by atoms with E-state index in [1.807, 2.05) is 6.92 Å². The van der Waals surface area contributed by atoms with Crippen LogP contribution in [0.4, 0.5) is 18.0 Å². The Kier molecular flexibility index (Phi) is 4.35. The van der Waals surface area contributed by atoms with Crippen LogP contribution in [-0.4, -0.2) is 53.6 Å². The molecule has 136 valence electrons. The molecule has 2 saturated heterocycles. The van der Waals surface area contributed by atoms with Crippen LogP contribution in [0.1, 0.15) is 29.3 Å². The van der Waals surface area contributed by atoms with Gasteiger partial charge in [-0.15, -0.1) is 0 Å². The van der Waals surface area contributed by atoms with E-state index in [1.165, 1.54) is 4.90 Å². The Labute approximate surface area is 147 Å². The molecule has 1 unspecified atom stereocenters. The maximum absolute atomic E-state index is 12.9. The van der Waals surface area contributed by atoms with Crippen LogP contribution in [0, 0.1) is 0 Å². The molecule has 2 aliphatic rings. The highest BCUT2D eigenvalue weighted by atomic mass is 35.5. The van der Waals surface area contributed by atoms with Gasteiger partial charge in [-0.25, -0.2) is 4.79 Å². The standard InChI is InChI=1S/C16H16ClF3N2O3/c1-2-15-8-21(5-6-22(15)14(24)25-9-15)13(23)11-7-10(16(18,19)20)3-4-12(11)17/h3-4,7H,2,5-6,8-9H2,1H3. The van der Waals surface area contributed by atoms with E-state index in [0.717, 1.165) is 18.2 Å². The lowest BCUT2D eigenvalue weighted by atomic mass is 9.92. The number of alkyl halides is 3. The van der Waals surface area contributed by atoms with E-state index in [2.05, 4.69) is 0 Å².